The molecule has 156 valence electrons. The van der Waals surface area contributed by atoms with Gasteiger partial charge in [-0.25, -0.2) is 9.59 Å². The second kappa shape index (κ2) is 9.52. The van der Waals surface area contributed by atoms with Gasteiger partial charge in [0.2, 0.25) is 5.91 Å². The smallest absolute Gasteiger partial charge is 0.408 e. The number of ether oxygens (including phenoxy) is 1. The molecule has 0 aromatic heterocycles. The molecular formula is C19H27ClN2O5S. The van der Waals surface area contributed by atoms with Crippen LogP contribution in [-0.4, -0.2) is 45.5 Å². The number of aliphatic carboxylic acids is 1. The quantitative estimate of drug-likeness (QED) is 0.497. The fourth-order valence-electron chi connectivity index (χ4n) is 2.30. The Balaban J connectivity index is 3.03. The lowest BCUT2D eigenvalue weighted by molar-refractivity contribution is -0.142. The highest BCUT2D eigenvalue weighted by Gasteiger charge is 2.36. The van der Waals surface area contributed by atoms with E-state index in [0.29, 0.717) is 5.02 Å². The summed E-state index contributed by atoms with van der Waals surface area (Å²) in [5.74, 6) is -1.88. The number of alkyl carbamates (subject to hydrolysis) is 1. The lowest BCUT2D eigenvalue weighted by Gasteiger charge is -2.29. The lowest BCUT2D eigenvalue weighted by atomic mass is 10.0. The molecule has 0 aliphatic heterocycles. The molecule has 0 bridgehead atoms. The van der Waals surface area contributed by atoms with Crippen LogP contribution in [0.4, 0.5) is 4.79 Å². The van der Waals surface area contributed by atoms with E-state index in [9.17, 15) is 19.5 Å². The summed E-state index contributed by atoms with van der Waals surface area (Å²) < 4.78 is 4.20. The molecule has 2 amide bonds. The molecule has 0 heterocycles. The minimum atomic E-state index is -1.25. The van der Waals surface area contributed by atoms with Crippen molar-refractivity contribution in [3.63, 3.8) is 0 Å². The molecule has 0 saturated heterocycles. The maximum Gasteiger partial charge on any atom is 0.408 e. The first kappa shape index (κ1) is 24.1. The van der Waals surface area contributed by atoms with Gasteiger partial charge in [0.25, 0.3) is 0 Å². The van der Waals surface area contributed by atoms with Crippen molar-refractivity contribution >= 4 is 42.2 Å². The van der Waals surface area contributed by atoms with E-state index >= 15 is 0 Å². The van der Waals surface area contributed by atoms with Gasteiger partial charge in [-0.1, -0.05) is 23.7 Å². The molecule has 3 N–H and O–H groups in total. The number of hydrogen-bond donors (Lipinski definition) is 4. The van der Waals surface area contributed by atoms with E-state index in [-0.39, 0.29) is 6.42 Å². The number of nitrogens with one attached hydrogen (secondary N) is 2. The number of carboxylic acids is 1. The van der Waals surface area contributed by atoms with Gasteiger partial charge in [0.1, 0.15) is 17.7 Å². The first-order chi connectivity index (χ1) is 12.7. The summed E-state index contributed by atoms with van der Waals surface area (Å²) in [6, 6.07) is 4.46. The van der Waals surface area contributed by atoms with E-state index in [1.54, 1.807) is 58.9 Å². The van der Waals surface area contributed by atoms with Crippen molar-refractivity contribution in [2.24, 2.45) is 0 Å². The number of carbonyl (C=O) groups excluding carboxylic acids is 2. The molecule has 1 aromatic rings. The van der Waals surface area contributed by atoms with E-state index in [2.05, 4.69) is 23.3 Å². The van der Waals surface area contributed by atoms with Gasteiger partial charge in [0, 0.05) is 16.2 Å². The van der Waals surface area contributed by atoms with Gasteiger partial charge >= 0.3 is 12.1 Å². The first-order valence-electron chi connectivity index (χ1n) is 8.68. The van der Waals surface area contributed by atoms with Gasteiger partial charge in [-0.2, -0.15) is 12.6 Å². The Hall–Kier alpha value is -1.93. The zero-order valence-electron chi connectivity index (χ0n) is 16.6. The lowest BCUT2D eigenvalue weighted by Crippen LogP contribution is -2.57. The average Bonchev–Trinajstić information content (AvgIpc) is 2.50. The first-order valence-corrected chi connectivity index (χ1v) is 9.51. The minimum Gasteiger partial charge on any atom is -0.480 e. The molecule has 0 aliphatic rings. The molecule has 0 unspecified atom stereocenters. The van der Waals surface area contributed by atoms with E-state index in [1.807, 2.05) is 0 Å². The predicted molar refractivity (Wildman–Crippen MR) is 111 cm³/mol. The van der Waals surface area contributed by atoms with Gasteiger partial charge in [0.15, 0.2) is 0 Å². The summed E-state index contributed by atoms with van der Waals surface area (Å²) in [6.07, 6.45) is -0.652. The van der Waals surface area contributed by atoms with Crippen molar-refractivity contribution in [1.82, 2.24) is 10.6 Å². The Morgan fingerprint density at radius 1 is 1.11 bits per heavy atom. The van der Waals surface area contributed by atoms with Crippen LogP contribution in [0.15, 0.2) is 24.3 Å². The van der Waals surface area contributed by atoms with Crippen LogP contribution < -0.4 is 10.6 Å². The van der Waals surface area contributed by atoms with Crippen molar-refractivity contribution in [2.75, 3.05) is 0 Å². The Morgan fingerprint density at radius 2 is 1.64 bits per heavy atom. The molecule has 0 aliphatic carbocycles. The summed E-state index contributed by atoms with van der Waals surface area (Å²) in [5, 5.41) is 14.9. The van der Waals surface area contributed by atoms with E-state index in [0.717, 1.165) is 5.56 Å². The van der Waals surface area contributed by atoms with Crippen molar-refractivity contribution in [1.29, 1.82) is 0 Å². The topological polar surface area (TPSA) is 105 Å². The molecule has 7 nitrogen and oxygen atoms in total. The number of hydrogen-bond acceptors (Lipinski definition) is 5. The maximum atomic E-state index is 12.8. The van der Waals surface area contributed by atoms with Crippen LogP contribution in [0.2, 0.25) is 5.02 Å². The fourth-order valence-corrected chi connectivity index (χ4v) is 2.60. The van der Waals surface area contributed by atoms with Crippen molar-refractivity contribution in [3.8, 4) is 0 Å². The number of rotatable bonds is 7. The molecule has 2 atom stereocenters. The number of benzene rings is 1. The SMILES string of the molecule is CC(C)(C)OC(=O)N[C@H](Cc1ccc(Cl)cc1)C(=O)N[C@@H](C(=O)O)C(C)(C)S. The second-order valence-corrected chi connectivity index (χ2v) is 9.55. The minimum absolute atomic E-state index is 0.127. The van der Waals surface area contributed by atoms with E-state index < -0.39 is 40.4 Å². The molecule has 1 aromatic carbocycles. The van der Waals surface area contributed by atoms with Gasteiger partial charge < -0.3 is 20.5 Å². The van der Waals surface area contributed by atoms with Gasteiger partial charge in [-0.15, -0.1) is 0 Å². The zero-order valence-corrected chi connectivity index (χ0v) is 18.2. The number of amides is 2. The third-order valence-electron chi connectivity index (χ3n) is 3.60. The van der Waals surface area contributed by atoms with Gasteiger partial charge in [0.05, 0.1) is 0 Å². The zero-order chi connectivity index (χ0) is 21.7. The normalized spacial score (nSPS) is 14.0. The number of halogens is 1. The summed E-state index contributed by atoms with van der Waals surface area (Å²) >= 11 is 10.1. The molecule has 0 fully saturated rings. The highest BCUT2D eigenvalue weighted by Crippen LogP contribution is 2.18. The Bertz CT molecular complexity index is 711. The van der Waals surface area contributed by atoms with Crippen LogP contribution in [0.3, 0.4) is 0 Å². The van der Waals surface area contributed by atoms with Crippen LogP contribution in [-0.2, 0) is 20.7 Å². The Labute approximate surface area is 175 Å². The molecule has 1 rings (SSSR count). The number of thiol groups is 1. The molecule has 0 radical (unpaired) electrons. The van der Waals surface area contributed by atoms with Crippen LogP contribution in [0.25, 0.3) is 0 Å². The highest BCUT2D eigenvalue weighted by atomic mass is 35.5. The standard InChI is InChI=1S/C19H27ClN2O5S/c1-18(2,3)27-17(26)21-13(10-11-6-8-12(20)9-7-11)15(23)22-14(16(24)25)19(4,5)28/h6-9,13-14,28H,10H2,1-5H3,(H,21,26)(H,22,23)(H,24,25)/t13-,14+/m1/s1. The third-order valence-corrected chi connectivity index (χ3v) is 4.11. The number of carboxylic acid groups (broad SMARTS) is 1. The second-order valence-electron chi connectivity index (χ2n) is 7.96. The monoisotopic (exact) mass is 430 g/mol. The third kappa shape index (κ3) is 8.39. The van der Waals surface area contributed by atoms with Crippen LogP contribution in [0.1, 0.15) is 40.2 Å². The molecule has 0 saturated carbocycles. The summed E-state index contributed by atoms with van der Waals surface area (Å²) in [6.45, 7) is 8.25. The Kier molecular flexibility index (Phi) is 8.19. The molecule has 0 spiro atoms. The van der Waals surface area contributed by atoms with E-state index in [1.165, 1.54) is 0 Å². The van der Waals surface area contributed by atoms with Gasteiger partial charge in [-0.3, -0.25) is 4.79 Å². The van der Waals surface area contributed by atoms with Crippen LogP contribution in [0, 0.1) is 0 Å². The number of carbonyl (C=O) groups is 3. The predicted octanol–water partition coefficient (Wildman–Crippen LogP) is 3.05. The maximum absolute atomic E-state index is 12.8. The summed E-state index contributed by atoms with van der Waals surface area (Å²) in [5.41, 5.74) is -0.0140. The van der Waals surface area contributed by atoms with E-state index in [4.69, 9.17) is 16.3 Å². The van der Waals surface area contributed by atoms with Crippen molar-refractivity contribution in [2.45, 2.75) is 63.5 Å². The molecular weight excluding hydrogens is 404 g/mol. The molecule has 9 heteroatoms. The molecule has 28 heavy (non-hydrogen) atoms. The Morgan fingerprint density at radius 3 is 2.07 bits per heavy atom. The average molecular weight is 431 g/mol. The highest BCUT2D eigenvalue weighted by molar-refractivity contribution is 7.81. The largest absolute Gasteiger partial charge is 0.480 e. The fraction of sp³-hybridized carbons (Fsp3) is 0.526. The van der Waals surface area contributed by atoms with Crippen molar-refractivity contribution < 1.29 is 24.2 Å². The van der Waals surface area contributed by atoms with Crippen LogP contribution >= 0.6 is 24.2 Å². The summed E-state index contributed by atoms with van der Waals surface area (Å²) in [4.78, 5) is 36.5. The van der Waals surface area contributed by atoms with Crippen LogP contribution in [0.5, 0.6) is 0 Å². The summed E-state index contributed by atoms with van der Waals surface area (Å²) in [7, 11) is 0. The van der Waals surface area contributed by atoms with Crippen molar-refractivity contribution in [3.05, 3.63) is 34.9 Å². The van der Waals surface area contributed by atoms with Gasteiger partial charge in [-0.05, 0) is 52.3 Å².